The summed E-state index contributed by atoms with van der Waals surface area (Å²) in [6.45, 7) is 3.87. The van der Waals surface area contributed by atoms with Gasteiger partial charge in [-0.25, -0.2) is 0 Å². The van der Waals surface area contributed by atoms with Crippen molar-refractivity contribution in [2.45, 2.75) is 19.5 Å². The van der Waals surface area contributed by atoms with Crippen LogP contribution in [0.25, 0.3) is 0 Å². The molecular formula is C17H20ClF6FeNO3P2+. The van der Waals surface area contributed by atoms with Crippen LogP contribution in [0.2, 0.25) is 5.02 Å². The second-order valence-electron chi connectivity index (χ2n) is 5.38. The number of rotatable bonds is 6. The monoisotopic (exact) mass is 553 g/mol. The summed E-state index contributed by atoms with van der Waals surface area (Å²) in [5.74, 6) is 0. The van der Waals surface area contributed by atoms with E-state index >= 15 is 0 Å². The van der Waals surface area contributed by atoms with Crippen molar-refractivity contribution in [2.75, 3.05) is 13.2 Å². The number of hydrogen-bond donors (Lipinski definition) is 0. The van der Waals surface area contributed by atoms with E-state index in [1.807, 2.05) is 38.2 Å². The fourth-order valence-corrected chi connectivity index (χ4v) is 3.74. The van der Waals surface area contributed by atoms with E-state index in [0.717, 1.165) is 0 Å². The number of nitrogens with zero attached hydrogens (tertiary/aromatic N) is 1. The van der Waals surface area contributed by atoms with Gasteiger partial charge >= 0.3 is 57.7 Å². The van der Waals surface area contributed by atoms with Crippen LogP contribution in [0, 0.1) is 43.4 Å². The summed E-state index contributed by atoms with van der Waals surface area (Å²) < 4.78 is 82.1. The van der Waals surface area contributed by atoms with Crippen molar-refractivity contribution in [2.24, 2.45) is 0 Å². The molecule has 0 aliphatic heterocycles. The summed E-state index contributed by atoms with van der Waals surface area (Å²) in [6, 6.07) is 8.58. The minimum absolute atomic E-state index is 0. The Hall–Kier alpha value is -0.321. The third-order valence-electron chi connectivity index (χ3n) is 2.80. The van der Waals surface area contributed by atoms with Crippen LogP contribution in [0.3, 0.4) is 0 Å². The minimum Gasteiger partial charge on any atom is -0.0312 e. The second-order valence-corrected chi connectivity index (χ2v) is 9.84. The van der Waals surface area contributed by atoms with E-state index < -0.39 is 21.1 Å². The molecule has 0 bridgehead atoms. The van der Waals surface area contributed by atoms with Crippen molar-refractivity contribution in [3.05, 3.63) is 67.0 Å². The van der Waals surface area contributed by atoms with Gasteiger partial charge in [0.15, 0.2) is 5.66 Å². The summed E-state index contributed by atoms with van der Waals surface area (Å²) in [5.41, 5.74) is -0.359. The van der Waals surface area contributed by atoms with Crippen molar-refractivity contribution < 1.29 is 55.9 Å². The van der Waals surface area contributed by atoms with E-state index in [0.29, 0.717) is 10.6 Å². The first kappa shape index (κ1) is 32.9. The van der Waals surface area contributed by atoms with E-state index in [4.69, 9.17) is 20.6 Å². The summed E-state index contributed by atoms with van der Waals surface area (Å²) in [4.78, 5) is 0. The van der Waals surface area contributed by atoms with Gasteiger partial charge in [-0.05, 0) is 63.6 Å². The van der Waals surface area contributed by atoms with Gasteiger partial charge in [-0.15, -0.1) is 0 Å². The van der Waals surface area contributed by atoms with Gasteiger partial charge in [0, 0.05) is 5.02 Å². The molecule has 4 nitrogen and oxygen atoms in total. The second kappa shape index (κ2) is 12.8. The van der Waals surface area contributed by atoms with Crippen LogP contribution in [-0.2, 0) is 30.7 Å². The van der Waals surface area contributed by atoms with E-state index in [2.05, 4.69) is 0 Å². The maximum atomic E-state index is 12.5. The molecule has 0 saturated heterocycles. The molecule has 1 unspecified atom stereocenters. The van der Waals surface area contributed by atoms with Gasteiger partial charge in [0.05, 0.1) is 19.3 Å². The van der Waals surface area contributed by atoms with Gasteiger partial charge in [0.2, 0.25) is 0 Å². The molecule has 0 heterocycles. The van der Waals surface area contributed by atoms with Crippen LogP contribution in [0.5, 0.6) is 0 Å². The molecule has 1 atom stereocenters. The van der Waals surface area contributed by atoms with E-state index in [-0.39, 0.29) is 30.3 Å². The Bertz CT molecular complexity index is 712. The number of benzene rings is 1. The van der Waals surface area contributed by atoms with E-state index in [1.54, 1.807) is 38.1 Å². The summed E-state index contributed by atoms with van der Waals surface area (Å²) >= 11 is 5.78. The molecule has 0 N–H and O–H groups in total. The molecule has 5 radical (unpaired) electrons. The third-order valence-corrected chi connectivity index (χ3v) is 5.33. The van der Waals surface area contributed by atoms with Crippen molar-refractivity contribution in [1.29, 1.82) is 5.26 Å². The zero-order chi connectivity index (χ0) is 23.5. The van der Waals surface area contributed by atoms with Crippen molar-refractivity contribution in [1.82, 2.24) is 0 Å². The molecule has 31 heavy (non-hydrogen) atoms. The minimum atomic E-state index is -10.7. The first-order chi connectivity index (χ1) is 13.5. The van der Waals surface area contributed by atoms with Gasteiger partial charge < -0.3 is 9.05 Å². The standard InChI is InChI=1S/C12H15ClNO3P.C5H5.F6P.Fe/c1-3-16-18(15,17-4-2)12(9-14)10-5-7-11(13)8-6-10;1-2-4-5-3-1;1-7(2,3,4,5)6;/h5-8,12H,3-4H2,1-2H3;1-5H;;/q;;-1;+2. The van der Waals surface area contributed by atoms with Gasteiger partial charge in [-0.3, -0.25) is 4.57 Å². The van der Waals surface area contributed by atoms with Gasteiger partial charge in [-0.1, -0.05) is 23.7 Å². The van der Waals surface area contributed by atoms with Gasteiger partial charge in [-0.2, -0.15) is 5.26 Å². The molecule has 0 aromatic heterocycles. The first-order valence-electron chi connectivity index (χ1n) is 8.29. The molecule has 177 valence electrons. The maximum Gasteiger partial charge on any atom is 2.00 e. The molecular weight excluding hydrogens is 533 g/mol. The van der Waals surface area contributed by atoms with Gasteiger partial charge in [0.25, 0.3) is 0 Å². The molecule has 1 aromatic carbocycles. The Labute approximate surface area is 193 Å². The van der Waals surface area contributed by atoms with Crippen LogP contribution < -0.4 is 0 Å². The largest absolute Gasteiger partial charge is 2.00 e. The Balaban J connectivity index is 0. The topological polar surface area (TPSA) is 59.3 Å². The predicted octanol–water partition coefficient (Wildman–Crippen LogP) is 8.57. The van der Waals surface area contributed by atoms with Crippen LogP contribution in [0.15, 0.2) is 24.3 Å². The van der Waals surface area contributed by atoms with Crippen molar-refractivity contribution >= 4 is 27.0 Å². The Morgan fingerprint density at radius 1 is 0.935 bits per heavy atom. The fourth-order valence-electron chi connectivity index (χ4n) is 1.84. The molecule has 1 aliphatic rings. The SMILES string of the molecule is CCOP(=O)(OCC)C(C#N)c1ccc(Cl)cc1.F[P-](F)(F)(F)(F)F.[CH]1[CH][CH][CH][CH]1.[Fe+2]. The van der Waals surface area contributed by atoms with Crippen molar-refractivity contribution in [3.8, 4) is 6.07 Å². The molecule has 0 spiro atoms. The average Bonchev–Trinajstić information content (AvgIpc) is 3.14. The Morgan fingerprint density at radius 3 is 1.52 bits per heavy atom. The summed E-state index contributed by atoms with van der Waals surface area (Å²) in [5, 5.41) is 9.78. The third kappa shape index (κ3) is 18.9. The average molecular weight is 554 g/mol. The number of hydrogen-bond acceptors (Lipinski definition) is 4. The number of nitriles is 1. The van der Waals surface area contributed by atoms with Crippen LogP contribution >= 0.6 is 27.0 Å². The quantitative estimate of drug-likeness (QED) is 0.201. The van der Waals surface area contributed by atoms with E-state index in [9.17, 15) is 35.0 Å². The summed E-state index contributed by atoms with van der Waals surface area (Å²) in [6.07, 6.45) is 10.0. The fraction of sp³-hybridized carbons (Fsp3) is 0.294. The van der Waals surface area contributed by atoms with Crippen molar-refractivity contribution in [3.63, 3.8) is 0 Å². The molecule has 2 rings (SSSR count). The van der Waals surface area contributed by atoms with Crippen LogP contribution in [0.4, 0.5) is 25.2 Å². The number of halogens is 7. The summed E-state index contributed by atoms with van der Waals surface area (Å²) in [7, 11) is -14.1. The molecule has 1 aliphatic carbocycles. The maximum absolute atomic E-state index is 12.5. The smallest absolute Gasteiger partial charge is 0.0312 e. The normalized spacial score (nSPS) is 16.6. The molecule has 1 aromatic rings. The predicted molar refractivity (Wildman–Crippen MR) is 106 cm³/mol. The zero-order valence-electron chi connectivity index (χ0n) is 16.3. The Morgan fingerprint density at radius 2 is 1.26 bits per heavy atom. The molecule has 1 saturated carbocycles. The van der Waals surface area contributed by atoms with Gasteiger partial charge in [0.1, 0.15) is 0 Å². The molecule has 1 fully saturated rings. The first-order valence-corrected chi connectivity index (χ1v) is 12.3. The molecule has 14 heteroatoms. The molecule has 0 amide bonds. The Kier molecular flexibility index (Phi) is 13.6. The van der Waals surface area contributed by atoms with E-state index in [1.165, 1.54) is 0 Å². The zero-order valence-corrected chi connectivity index (χ0v) is 19.9. The van der Waals surface area contributed by atoms with Crippen LogP contribution in [-0.4, -0.2) is 13.2 Å². The van der Waals surface area contributed by atoms with Crippen LogP contribution in [0.1, 0.15) is 25.1 Å².